The maximum Gasteiger partial charge on any atom is 0.244 e. The molecule has 4 rings (SSSR count). The van der Waals surface area contributed by atoms with Gasteiger partial charge in [0.25, 0.3) is 0 Å². The number of carbonyl (C=O) groups is 2. The van der Waals surface area contributed by atoms with Crippen LogP contribution in [-0.4, -0.2) is 65.0 Å². The molecule has 1 unspecified atom stereocenters. The Kier molecular flexibility index (Phi) is 7.02. The first-order valence-corrected chi connectivity index (χ1v) is 12.0. The molecule has 1 spiro atoms. The number of rotatable bonds is 8. The molecule has 8 nitrogen and oxygen atoms in total. The molecule has 178 valence electrons. The molecule has 0 radical (unpaired) electrons. The minimum absolute atomic E-state index is 0.0438. The highest BCUT2D eigenvalue weighted by atomic mass is 16.5. The van der Waals surface area contributed by atoms with Gasteiger partial charge >= 0.3 is 0 Å². The number of nitrogens with two attached hydrogens (primary N) is 1. The van der Waals surface area contributed by atoms with Gasteiger partial charge in [0.2, 0.25) is 11.8 Å². The summed E-state index contributed by atoms with van der Waals surface area (Å²) in [5, 5.41) is 4.60. The van der Waals surface area contributed by atoms with Crippen molar-refractivity contribution in [2.24, 2.45) is 5.73 Å². The average molecular weight is 454 g/mol. The standard InChI is InChI=1S/C25H35N5O3/c1-18(28-21-15-20(33-2)14-19-9-6-12-27-24(19)21)8-7-13-29-23(32)17-30(22(31)16-26)25(29)10-4-3-5-11-25/h6,9,12,14-15,18,28H,3-5,7-8,10-11,13,16-17,26H2,1-2H3. The van der Waals surface area contributed by atoms with Crippen LogP contribution in [0.5, 0.6) is 5.75 Å². The van der Waals surface area contributed by atoms with Gasteiger partial charge in [0.15, 0.2) is 0 Å². The summed E-state index contributed by atoms with van der Waals surface area (Å²) in [7, 11) is 1.66. The molecular formula is C25H35N5O3. The van der Waals surface area contributed by atoms with E-state index in [0.29, 0.717) is 6.54 Å². The fourth-order valence-electron chi connectivity index (χ4n) is 5.45. The molecule has 2 heterocycles. The van der Waals surface area contributed by atoms with E-state index >= 15 is 0 Å². The first-order valence-electron chi connectivity index (χ1n) is 12.0. The van der Waals surface area contributed by atoms with Crippen molar-refractivity contribution in [2.75, 3.05) is 32.1 Å². The van der Waals surface area contributed by atoms with Crippen molar-refractivity contribution >= 4 is 28.4 Å². The van der Waals surface area contributed by atoms with E-state index < -0.39 is 5.66 Å². The second-order valence-corrected chi connectivity index (χ2v) is 9.21. The summed E-state index contributed by atoms with van der Waals surface area (Å²) in [6.45, 7) is 2.90. The van der Waals surface area contributed by atoms with E-state index in [2.05, 4.69) is 17.2 Å². The molecule has 1 aromatic carbocycles. The zero-order valence-electron chi connectivity index (χ0n) is 19.7. The van der Waals surface area contributed by atoms with Gasteiger partial charge in [-0.3, -0.25) is 14.6 Å². The molecule has 3 N–H and O–H groups in total. The third-order valence-electron chi connectivity index (χ3n) is 7.06. The predicted molar refractivity (Wildman–Crippen MR) is 129 cm³/mol. The molecular weight excluding hydrogens is 418 g/mol. The van der Waals surface area contributed by atoms with E-state index in [1.54, 1.807) is 18.2 Å². The highest BCUT2D eigenvalue weighted by molar-refractivity contribution is 5.92. The van der Waals surface area contributed by atoms with Crippen LogP contribution in [0.2, 0.25) is 0 Å². The minimum Gasteiger partial charge on any atom is -0.497 e. The smallest absolute Gasteiger partial charge is 0.244 e. The Balaban J connectivity index is 1.42. The molecule has 1 saturated carbocycles. The zero-order valence-corrected chi connectivity index (χ0v) is 19.7. The van der Waals surface area contributed by atoms with Crippen LogP contribution in [0.3, 0.4) is 0 Å². The monoisotopic (exact) mass is 453 g/mol. The number of pyridine rings is 1. The minimum atomic E-state index is -0.477. The molecule has 1 aliphatic heterocycles. The van der Waals surface area contributed by atoms with E-state index in [0.717, 1.165) is 67.3 Å². The molecule has 1 aromatic heterocycles. The highest BCUT2D eigenvalue weighted by Gasteiger charge is 2.52. The van der Waals surface area contributed by atoms with Crippen LogP contribution in [0.4, 0.5) is 5.69 Å². The van der Waals surface area contributed by atoms with Crippen LogP contribution in [0.15, 0.2) is 30.5 Å². The number of ether oxygens (including phenoxy) is 1. The summed E-state index contributed by atoms with van der Waals surface area (Å²) in [5.74, 6) is 0.708. The van der Waals surface area contributed by atoms with Crippen LogP contribution in [-0.2, 0) is 9.59 Å². The van der Waals surface area contributed by atoms with Crippen molar-refractivity contribution in [3.8, 4) is 5.75 Å². The van der Waals surface area contributed by atoms with Crippen molar-refractivity contribution in [1.29, 1.82) is 0 Å². The number of carbonyl (C=O) groups excluding carboxylic acids is 2. The summed E-state index contributed by atoms with van der Waals surface area (Å²) < 4.78 is 5.45. The Labute approximate surface area is 195 Å². The lowest BCUT2D eigenvalue weighted by Crippen LogP contribution is -2.58. The molecule has 2 aliphatic rings. The molecule has 33 heavy (non-hydrogen) atoms. The van der Waals surface area contributed by atoms with Gasteiger partial charge in [-0.05, 0) is 57.6 Å². The molecule has 8 heteroatoms. The van der Waals surface area contributed by atoms with Gasteiger partial charge in [-0.2, -0.15) is 0 Å². The third-order valence-corrected chi connectivity index (χ3v) is 7.06. The van der Waals surface area contributed by atoms with Crippen molar-refractivity contribution in [3.63, 3.8) is 0 Å². The number of hydrogen-bond donors (Lipinski definition) is 2. The van der Waals surface area contributed by atoms with Crippen LogP contribution in [0, 0.1) is 0 Å². The molecule has 2 amide bonds. The van der Waals surface area contributed by atoms with Gasteiger partial charge in [-0.1, -0.05) is 12.5 Å². The maximum atomic E-state index is 12.9. The largest absolute Gasteiger partial charge is 0.497 e. The maximum absolute atomic E-state index is 12.9. The lowest BCUT2D eigenvalue weighted by atomic mass is 9.87. The SMILES string of the molecule is COc1cc(NC(C)CCCN2C(=O)CN(C(=O)CN)C23CCCCC3)c2ncccc2c1. The number of aromatic nitrogens is 1. The van der Waals surface area contributed by atoms with Gasteiger partial charge in [0.05, 0.1) is 24.9 Å². The lowest BCUT2D eigenvalue weighted by Gasteiger charge is -2.46. The topological polar surface area (TPSA) is 101 Å². The van der Waals surface area contributed by atoms with Crippen LogP contribution >= 0.6 is 0 Å². The summed E-state index contributed by atoms with van der Waals surface area (Å²) >= 11 is 0. The number of benzene rings is 1. The van der Waals surface area contributed by atoms with E-state index in [1.165, 1.54) is 0 Å². The number of methoxy groups -OCH3 is 1. The summed E-state index contributed by atoms with van der Waals surface area (Å²) in [4.78, 5) is 33.7. The van der Waals surface area contributed by atoms with Crippen molar-refractivity contribution in [1.82, 2.24) is 14.8 Å². The van der Waals surface area contributed by atoms with Crippen molar-refractivity contribution < 1.29 is 14.3 Å². The number of amides is 2. The molecule has 1 aliphatic carbocycles. The molecule has 0 bridgehead atoms. The molecule has 1 atom stereocenters. The normalized spacial score (nSPS) is 18.7. The summed E-state index contributed by atoms with van der Waals surface area (Å²) in [6.07, 6.45) is 8.44. The number of fused-ring (bicyclic) bond motifs is 1. The first kappa shape index (κ1) is 23.3. The lowest BCUT2D eigenvalue weighted by molar-refractivity contribution is -0.142. The Morgan fingerprint density at radius 1 is 1.30 bits per heavy atom. The van der Waals surface area contributed by atoms with Gasteiger partial charge in [0, 0.05) is 30.2 Å². The second kappa shape index (κ2) is 9.95. The fourth-order valence-corrected chi connectivity index (χ4v) is 5.45. The van der Waals surface area contributed by atoms with Crippen LogP contribution in [0.1, 0.15) is 51.9 Å². The Morgan fingerprint density at radius 3 is 2.82 bits per heavy atom. The quantitative estimate of drug-likeness (QED) is 0.637. The van der Waals surface area contributed by atoms with Crippen molar-refractivity contribution in [3.05, 3.63) is 30.5 Å². The first-order chi connectivity index (χ1) is 16.0. The molecule has 2 aromatic rings. The summed E-state index contributed by atoms with van der Waals surface area (Å²) in [6, 6.07) is 8.08. The van der Waals surface area contributed by atoms with Gasteiger partial charge in [-0.25, -0.2) is 0 Å². The zero-order chi connectivity index (χ0) is 23.4. The van der Waals surface area contributed by atoms with Crippen LogP contribution in [0.25, 0.3) is 10.9 Å². The number of anilines is 1. The Hall–Kier alpha value is -2.87. The number of hydrogen-bond acceptors (Lipinski definition) is 6. The van der Waals surface area contributed by atoms with Gasteiger partial charge in [0.1, 0.15) is 18.0 Å². The Morgan fingerprint density at radius 2 is 2.09 bits per heavy atom. The predicted octanol–water partition coefficient (Wildman–Crippen LogP) is 3.11. The van der Waals surface area contributed by atoms with E-state index in [9.17, 15) is 9.59 Å². The van der Waals surface area contributed by atoms with Crippen molar-refractivity contribution in [2.45, 2.75) is 63.6 Å². The number of nitrogens with one attached hydrogen (secondary N) is 1. The van der Waals surface area contributed by atoms with Gasteiger partial charge in [-0.15, -0.1) is 0 Å². The second-order valence-electron chi connectivity index (χ2n) is 9.21. The van der Waals surface area contributed by atoms with Crippen LogP contribution < -0.4 is 15.8 Å². The molecule has 1 saturated heterocycles. The van der Waals surface area contributed by atoms with Gasteiger partial charge < -0.3 is 25.6 Å². The molecule has 2 fully saturated rings. The Bertz CT molecular complexity index is 1000. The number of nitrogens with zero attached hydrogens (tertiary/aromatic N) is 3. The third kappa shape index (κ3) is 4.62. The van der Waals surface area contributed by atoms with E-state index in [-0.39, 0.29) is 30.9 Å². The summed E-state index contributed by atoms with van der Waals surface area (Å²) in [5.41, 5.74) is 7.04. The average Bonchev–Trinajstić information content (AvgIpc) is 3.09. The van der Waals surface area contributed by atoms with E-state index in [4.69, 9.17) is 10.5 Å². The highest BCUT2D eigenvalue weighted by Crippen LogP contribution is 2.41. The van der Waals surface area contributed by atoms with E-state index in [1.807, 2.05) is 29.2 Å². The fraction of sp³-hybridized carbons (Fsp3) is 0.560.